The zero-order valence-corrected chi connectivity index (χ0v) is 14.5. The number of hydrogen-bond donors (Lipinski definition) is 2. The van der Waals surface area contributed by atoms with E-state index in [1.165, 1.54) is 36.4 Å². The highest BCUT2D eigenvalue weighted by atomic mass is 19.1. The summed E-state index contributed by atoms with van der Waals surface area (Å²) in [5, 5.41) is 15.8. The first-order valence-electron chi connectivity index (χ1n) is 8.18. The van der Waals surface area contributed by atoms with Gasteiger partial charge in [0.1, 0.15) is 18.4 Å². The van der Waals surface area contributed by atoms with Gasteiger partial charge in [0, 0.05) is 11.6 Å². The molecule has 1 amide bonds. The third-order valence-electron chi connectivity index (χ3n) is 4.10. The number of nitrogens with one attached hydrogen (secondary N) is 1. The van der Waals surface area contributed by atoms with E-state index >= 15 is 0 Å². The van der Waals surface area contributed by atoms with Crippen LogP contribution in [-0.4, -0.2) is 32.8 Å². The van der Waals surface area contributed by atoms with Gasteiger partial charge in [-0.1, -0.05) is 20.3 Å². The van der Waals surface area contributed by atoms with E-state index in [1.807, 2.05) is 6.92 Å². The van der Waals surface area contributed by atoms with Gasteiger partial charge in [-0.3, -0.25) is 9.59 Å². The van der Waals surface area contributed by atoms with E-state index in [9.17, 15) is 23.9 Å². The first-order valence-corrected chi connectivity index (χ1v) is 8.18. The maximum Gasteiger partial charge on any atom is 0.326 e. The topological polar surface area (TPSA) is 101 Å². The van der Waals surface area contributed by atoms with Crippen molar-refractivity contribution in [2.24, 2.45) is 5.92 Å². The molecular weight excluding hydrogens is 341 g/mol. The Kier molecular flexibility index (Phi) is 6.21. The van der Waals surface area contributed by atoms with Crippen molar-refractivity contribution in [3.05, 3.63) is 52.6 Å². The van der Waals surface area contributed by atoms with Gasteiger partial charge in [0.25, 0.3) is 5.56 Å². The van der Waals surface area contributed by atoms with Crippen LogP contribution in [0.2, 0.25) is 0 Å². The largest absolute Gasteiger partial charge is 0.480 e. The first kappa shape index (κ1) is 19.3. The van der Waals surface area contributed by atoms with Gasteiger partial charge in [-0.05, 0) is 36.2 Å². The van der Waals surface area contributed by atoms with Crippen molar-refractivity contribution >= 4 is 11.9 Å². The molecule has 2 N–H and O–H groups in total. The number of amides is 1. The molecule has 8 heteroatoms. The zero-order valence-electron chi connectivity index (χ0n) is 14.5. The van der Waals surface area contributed by atoms with E-state index in [0.717, 1.165) is 4.68 Å². The Morgan fingerprint density at radius 2 is 1.88 bits per heavy atom. The lowest BCUT2D eigenvalue weighted by molar-refractivity contribution is -0.143. The summed E-state index contributed by atoms with van der Waals surface area (Å²) in [4.78, 5) is 35.4. The molecule has 1 heterocycles. The number of nitrogens with zero attached hydrogens (tertiary/aromatic N) is 2. The Morgan fingerprint density at radius 1 is 1.23 bits per heavy atom. The molecule has 0 aliphatic heterocycles. The number of aromatic nitrogens is 2. The van der Waals surface area contributed by atoms with Crippen molar-refractivity contribution in [3.63, 3.8) is 0 Å². The molecule has 0 fully saturated rings. The van der Waals surface area contributed by atoms with Crippen LogP contribution in [0, 0.1) is 11.7 Å². The lowest BCUT2D eigenvalue weighted by Crippen LogP contribution is -2.47. The SMILES string of the molecule is CC[C@@H](C)[C@H](NC(=O)Cn1nc(-c2ccc(F)cc2)ccc1=O)C(=O)O. The highest BCUT2D eigenvalue weighted by molar-refractivity contribution is 5.83. The number of carboxylic acid groups (broad SMARTS) is 1. The Morgan fingerprint density at radius 3 is 2.46 bits per heavy atom. The standard InChI is InChI=1S/C18H20FN3O4/c1-3-11(2)17(18(25)26)20-15(23)10-22-16(24)9-8-14(21-22)12-4-6-13(19)7-5-12/h4-9,11,17H,3,10H2,1-2H3,(H,20,23)(H,25,26)/t11-,17+/m1/s1. The summed E-state index contributed by atoms with van der Waals surface area (Å²) < 4.78 is 14.0. The molecule has 2 rings (SSSR count). The second-order valence-corrected chi connectivity index (χ2v) is 5.99. The summed E-state index contributed by atoms with van der Waals surface area (Å²) in [5.41, 5.74) is 0.485. The molecule has 138 valence electrons. The Hall–Kier alpha value is -3.03. The second-order valence-electron chi connectivity index (χ2n) is 5.99. The van der Waals surface area contributed by atoms with Crippen molar-refractivity contribution < 1.29 is 19.1 Å². The minimum absolute atomic E-state index is 0.258. The van der Waals surface area contributed by atoms with Crippen LogP contribution < -0.4 is 10.9 Å². The van der Waals surface area contributed by atoms with Crippen molar-refractivity contribution in [2.75, 3.05) is 0 Å². The van der Waals surface area contributed by atoms with E-state index in [-0.39, 0.29) is 5.92 Å². The quantitative estimate of drug-likeness (QED) is 0.781. The number of aliphatic carboxylic acids is 1. The van der Waals surface area contributed by atoms with Crippen LogP contribution in [0.15, 0.2) is 41.2 Å². The fourth-order valence-corrected chi connectivity index (χ4v) is 2.38. The van der Waals surface area contributed by atoms with Crippen LogP contribution in [0.4, 0.5) is 4.39 Å². The average Bonchev–Trinajstić information content (AvgIpc) is 2.61. The number of carbonyl (C=O) groups excluding carboxylic acids is 1. The van der Waals surface area contributed by atoms with Crippen molar-refractivity contribution in [2.45, 2.75) is 32.9 Å². The van der Waals surface area contributed by atoms with E-state index in [1.54, 1.807) is 6.92 Å². The molecule has 2 aromatic rings. The highest BCUT2D eigenvalue weighted by Crippen LogP contribution is 2.15. The summed E-state index contributed by atoms with van der Waals surface area (Å²) in [6.07, 6.45) is 0.579. The highest BCUT2D eigenvalue weighted by Gasteiger charge is 2.25. The van der Waals surface area contributed by atoms with Crippen LogP contribution >= 0.6 is 0 Å². The molecule has 1 aromatic carbocycles. The monoisotopic (exact) mass is 361 g/mol. The van der Waals surface area contributed by atoms with Crippen LogP contribution in [0.5, 0.6) is 0 Å². The van der Waals surface area contributed by atoms with Crippen LogP contribution in [0.1, 0.15) is 20.3 Å². The number of hydrogen-bond acceptors (Lipinski definition) is 4. The molecule has 0 saturated carbocycles. The maximum atomic E-state index is 13.0. The molecule has 1 aromatic heterocycles. The van der Waals surface area contributed by atoms with Crippen LogP contribution in [-0.2, 0) is 16.1 Å². The number of halogens is 1. The average molecular weight is 361 g/mol. The molecule has 0 saturated heterocycles. The molecule has 2 atom stereocenters. The minimum atomic E-state index is -1.13. The third-order valence-corrected chi connectivity index (χ3v) is 4.10. The molecular formula is C18H20FN3O4. The number of carboxylic acids is 1. The predicted octanol–water partition coefficient (Wildman–Crippen LogP) is 1.66. The van der Waals surface area contributed by atoms with Gasteiger partial charge in [-0.25, -0.2) is 13.9 Å². The fourth-order valence-electron chi connectivity index (χ4n) is 2.38. The van der Waals surface area contributed by atoms with Crippen molar-refractivity contribution in [1.29, 1.82) is 0 Å². The molecule has 0 aliphatic rings. The first-order chi connectivity index (χ1) is 12.3. The predicted molar refractivity (Wildman–Crippen MR) is 92.9 cm³/mol. The van der Waals surface area contributed by atoms with Gasteiger partial charge in [0.05, 0.1) is 5.69 Å². The second kappa shape index (κ2) is 8.37. The fraction of sp³-hybridized carbons (Fsp3) is 0.333. The number of rotatable bonds is 7. The summed E-state index contributed by atoms with van der Waals surface area (Å²) in [5.74, 6) is -2.41. The summed E-state index contributed by atoms with van der Waals surface area (Å²) >= 11 is 0. The van der Waals surface area contributed by atoms with E-state index in [0.29, 0.717) is 17.7 Å². The smallest absolute Gasteiger partial charge is 0.326 e. The lowest BCUT2D eigenvalue weighted by atomic mass is 9.99. The Balaban J connectivity index is 2.19. The molecule has 7 nitrogen and oxygen atoms in total. The molecule has 0 unspecified atom stereocenters. The zero-order chi connectivity index (χ0) is 19.3. The molecule has 26 heavy (non-hydrogen) atoms. The third kappa shape index (κ3) is 4.75. The van der Waals surface area contributed by atoms with E-state index < -0.39 is 35.8 Å². The Bertz CT molecular complexity index is 848. The van der Waals surface area contributed by atoms with Gasteiger partial charge < -0.3 is 10.4 Å². The molecule has 0 aliphatic carbocycles. The van der Waals surface area contributed by atoms with E-state index in [2.05, 4.69) is 10.4 Å². The number of benzene rings is 1. The number of carbonyl (C=O) groups is 2. The van der Waals surface area contributed by atoms with Gasteiger partial charge >= 0.3 is 5.97 Å². The molecule has 0 spiro atoms. The van der Waals surface area contributed by atoms with Crippen molar-refractivity contribution in [3.8, 4) is 11.3 Å². The lowest BCUT2D eigenvalue weighted by Gasteiger charge is -2.20. The Labute approximate surface area is 149 Å². The molecule has 0 bridgehead atoms. The van der Waals surface area contributed by atoms with Gasteiger partial charge in [-0.15, -0.1) is 0 Å². The van der Waals surface area contributed by atoms with Crippen LogP contribution in [0.25, 0.3) is 11.3 Å². The summed E-state index contributed by atoms with van der Waals surface area (Å²) in [7, 11) is 0. The van der Waals surface area contributed by atoms with E-state index in [4.69, 9.17) is 0 Å². The van der Waals surface area contributed by atoms with Gasteiger partial charge in [-0.2, -0.15) is 5.10 Å². The molecule has 0 radical (unpaired) electrons. The van der Waals surface area contributed by atoms with Gasteiger partial charge in [0.15, 0.2) is 0 Å². The minimum Gasteiger partial charge on any atom is -0.480 e. The normalized spacial score (nSPS) is 13.0. The van der Waals surface area contributed by atoms with Crippen LogP contribution in [0.3, 0.4) is 0 Å². The van der Waals surface area contributed by atoms with Gasteiger partial charge in [0.2, 0.25) is 5.91 Å². The maximum absolute atomic E-state index is 13.0. The summed E-state index contributed by atoms with van der Waals surface area (Å²) in [6.45, 7) is 3.14. The van der Waals surface area contributed by atoms with Crippen molar-refractivity contribution in [1.82, 2.24) is 15.1 Å². The summed E-state index contributed by atoms with van der Waals surface area (Å²) in [6, 6.07) is 7.24.